The molecule has 1 unspecified atom stereocenters. The topological polar surface area (TPSA) is 66.5 Å². The Balaban J connectivity index is 1.86. The van der Waals surface area contributed by atoms with Gasteiger partial charge in [-0.05, 0) is 54.8 Å². The van der Waals surface area contributed by atoms with Gasteiger partial charge in [0, 0.05) is 10.2 Å². The number of thioether (sulfide) groups is 1. The van der Waals surface area contributed by atoms with Gasteiger partial charge in [0.05, 0.1) is 11.1 Å². The summed E-state index contributed by atoms with van der Waals surface area (Å²) in [5.41, 5.74) is 1.31. The van der Waals surface area contributed by atoms with Crippen molar-refractivity contribution in [2.45, 2.75) is 12.5 Å². The number of benzene rings is 2. The molecule has 2 aromatic rings. The SMILES string of the molecule is CSCCC(C(=O)Nc1ccc(Br)cc1)N1C(=O)c2ccccc2C1=O. The van der Waals surface area contributed by atoms with Crippen LogP contribution in [0.1, 0.15) is 27.1 Å². The standard InChI is InChI=1S/C19H17BrN2O3S/c1-26-11-10-16(17(23)21-13-8-6-12(20)7-9-13)22-18(24)14-4-2-3-5-15(14)19(22)25/h2-9,16H,10-11H2,1H3,(H,21,23). The summed E-state index contributed by atoms with van der Waals surface area (Å²) in [6.45, 7) is 0. The third-order valence-electron chi connectivity index (χ3n) is 4.15. The fourth-order valence-electron chi connectivity index (χ4n) is 2.86. The molecule has 3 rings (SSSR count). The molecule has 0 saturated carbocycles. The van der Waals surface area contributed by atoms with E-state index in [0.717, 1.165) is 9.37 Å². The monoisotopic (exact) mass is 432 g/mol. The zero-order valence-electron chi connectivity index (χ0n) is 14.1. The van der Waals surface area contributed by atoms with Gasteiger partial charge >= 0.3 is 0 Å². The molecule has 0 bridgehead atoms. The highest BCUT2D eigenvalue weighted by Crippen LogP contribution is 2.27. The van der Waals surface area contributed by atoms with Crippen LogP contribution < -0.4 is 5.32 Å². The average molecular weight is 433 g/mol. The molecule has 134 valence electrons. The third-order valence-corrected chi connectivity index (χ3v) is 5.32. The Labute approximate surface area is 164 Å². The zero-order chi connectivity index (χ0) is 18.7. The van der Waals surface area contributed by atoms with Crippen LogP contribution in [0.4, 0.5) is 5.69 Å². The van der Waals surface area contributed by atoms with E-state index in [-0.39, 0.29) is 5.91 Å². The molecule has 3 amide bonds. The summed E-state index contributed by atoms with van der Waals surface area (Å²) in [5.74, 6) is -0.535. The van der Waals surface area contributed by atoms with E-state index in [2.05, 4.69) is 21.2 Å². The van der Waals surface area contributed by atoms with E-state index in [1.807, 2.05) is 18.4 Å². The number of hydrogen-bond donors (Lipinski definition) is 1. The number of nitrogens with one attached hydrogen (secondary N) is 1. The first kappa shape index (κ1) is 18.7. The van der Waals surface area contributed by atoms with Crippen molar-refractivity contribution in [2.75, 3.05) is 17.3 Å². The second-order valence-electron chi connectivity index (χ2n) is 5.82. The number of hydrogen-bond acceptors (Lipinski definition) is 4. The maximum absolute atomic E-state index is 12.9. The average Bonchev–Trinajstić information content (AvgIpc) is 2.89. The summed E-state index contributed by atoms with van der Waals surface area (Å²) < 4.78 is 0.898. The van der Waals surface area contributed by atoms with Crippen molar-refractivity contribution < 1.29 is 14.4 Å². The second kappa shape index (κ2) is 8.05. The van der Waals surface area contributed by atoms with Crippen molar-refractivity contribution in [3.63, 3.8) is 0 Å². The molecule has 0 fully saturated rings. The molecule has 1 aliphatic rings. The minimum Gasteiger partial charge on any atom is -0.324 e. The van der Waals surface area contributed by atoms with E-state index in [9.17, 15) is 14.4 Å². The number of carbonyl (C=O) groups is 3. The van der Waals surface area contributed by atoms with Gasteiger partial charge in [0.25, 0.3) is 11.8 Å². The molecule has 0 aromatic heterocycles. The minimum atomic E-state index is -0.849. The van der Waals surface area contributed by atoms with E-state index in [1.165, 1.54) is 0 Å². The minimum absolute atomic E-state index is 0.350. The highest BCUT2D eigenvalue weighted by atomic mass is 79.9. The maximum Gasteiger partial charge on any atom is 0.262 e. The lowest BCUT2D eigenvalue weighted by Gasteiger charge is -2.25. The van der Waals surface area contributed by atoms with E-state index in [1.54, 1.807) is 48.2 Å². The van der Waals surface area contributed by atoms with E-state index in [4.69, 9.17) is 0 Å². The molecule has 0 aliphatic carbocycles. The fourth-order valence-corrected chi connectivity index (χ4v) is 3.58. The van der Waals surface area contributed by atoms with E-state index < -0.39 is 17.9 Å². The Bertz CT molecular complexity index is 819. The molecular formula is C19H17BrN2O3S. The summed E-state index contributed by atoms with van der Waals surface area (Å²) in [6, 6.07) is 13.0. The third kappa shape index (κ3) is 3.68. The fraction of sp³-hybridized carbons (Fsp3) is 0.211. The number of anilines is 1. The lowest BCUT2D eigenvalue weighted by atomic mass is 10.1. The second-order valence-corrected chi connectivity index (χ2v) is 7.72. The number of carbonyl (C=O) groups excluding carboxylic acids is 3. The molecule has 7 heteroatoms. The smallest absolute Gasteiger partial charge is 0.262 e. The largest absolute Gasteiger partial charge is 0.324 e. The molecule has 1 N–H and O–H groups in total. The normalized spacial score (nSPS) is 14.3. The van der Waals surface area contributed by atoms with E-state index >= 15 is 0 Å². The Morgan fingerprint density at radius 1 is 1.08 bits per heavy atom. The van der Waals surface area contributed by atoms with Gasteiger partial charge in [0.1, 0.15) is 6.04 Å². The van der Waals surface area contributed by atoms with Crippen LogP contribution in [-0.4, -0.2) is 40.7 Å². The summed E-state index contributed by atoms with van der Waals surface area (Å²) in [5, 5.41) is 2.81. The van der Waals surface area contributed by atoms with Gasteiger partial charge in [0.15, 0.2) is 0 Å². The molecule has 5 nitrogen and oxygen atoms in total. The van der Waals surface area contributed by atoms with Gasteiger partial charge < -0.3 is 5.32 Å². The molecule has 1 heterocycles. The van der Waals surface area contributed by atoms with Gasteiger partial charge in [0.2, 0.25) is 5.91 Å². The van der Waals surface area contributed by atoms with Crippen LogP contribution in [0.5, 0.6) is 0 Å². The zero-order valence-corrected chi connectivity index (χ0v) is 16.5. The number of nitrogens with zero attached hydrogens (tertiary/aromatic N) is 1. The summed E-state index contributed by atoms with van der Waals surface area (Å²) in [6.07, 6.45) is 2.32. The van der Waals surface area contributed by atoms with Crippen LogP contribution in [0.15, 0.2) is 53.0 Å². The molecule has 0 spiro atoms. The van der Waals surface area contributed by atoms with Crippen LogP contribution >= 0.6 is 27.7 Å². The molecule has 0 saturated heterocycles. The van der Waals surface area contributed by atoms with Crippen molar-refractivity contribution in [1.82, 2.24) is 4.90 Å². The summed E-state index contributed by atoms with van der Waals surface area (Å²) >= 11 is 4.91. The first-order chi connectivity index (χ1) is 12.5. The molecular weight excluding hydrogens is 416 g/mol. The molecule has 1 atom stereocenters. The van der Waals surface area contributed by atoms with Crippen LogP contribution in [0.3, 0.4) is 0 Å². The number of halogens is 1. The Morgan fingerprint density at radius 3 is 2.19 bits per heavy atom. The lowest BCUT2D eigenvalue weighted by molar-refractivity contribution is -0.120. The van der Waals surface area contributed by atoms with Crippen LogP contribution in [0.2, 0.25) is 0 Å². The Kier molecular flexibility index (Phi) is 5.78. The van der Waals surface area contributed by atoms with E-state index in [0.29, 0.717) is 29.0 Å². The van der Waals surface area contributed by atoms with Crippen LogP contribution in [-0.2, 0) is 4.79 Å². The molecule has 26 heavy (non-hydrogen) atoms. The first-order valence-corrected chi connectivity index (χ1v) is 10.2. The molecule has 1 aliphatic heterocycles. The molecule has 2 aromatic carbocycles. The van der Waals surface area contributed by atoms with Crippen molar-refractivity contribution >= 4 is 51.1 Å². The maximum atomic E-state index is 12.9. The number of fused-ring (bicyclic) bond motifs is 1. The van der Waals surface area contributed by atoms with Gasteiger partial charge in [-0.3, -0.25) is 19.3 Å². The number of amides is 3. The van der Waals surface area contributed by atoms with Gasteiger partial charge in [-0.15, -0.1) is 0 Å². The Morgan fingerprint density at radius 2 is 1.65 bits per heavy atom. The first-order valence-electron chi connectivity index (χ1n) is 8.05. The Hall–Kier alpha value is -2.12. The van der Waals surface area contributed by atoms with Crippen LogP contribution in [0.25, 0.3) is 0 Å². The highest BCUT2D eigenvalue weighted by Gasteiger charge is 2.42. The highest BCUT2D eigenvalue weighted by molar-refractivity contribution is 9.10. The lowest BCUT2D eigenvalue weighted by Crippen LogP contribution is -2.47. The predicted octanol–water partition coefficient (Wildman–Crippen LogP) is 3.81. The van der Waals surface area contributed by atoms with Crippen molar-refractivity contribution in [3.8, 4) is 0 Å². The number of imide groups is 1. The molecule has 0 radical (unpaired) electrons. The van der Waals surface area contributed by atoms with Gasteiger partial charge in [-0.25, -0.2) is 0 Å². The van der Waals surface area contributed by atoms with Gasteiger partial charge in [-0.2, -0.15) is 11.8 Å². The summed E-state index contributed by atoms with van der Waals surface area (Å²) in [4.78, 5) is 39.4. The quantitative estimate of drug-likeness (QED) is 0.704. The van der Waals surface area contributed by atoms with Crippen molar-refractivity contribution in [2.24, 2.45) is 0 Å². The van der Waals surface area contributed by atoms with Crippen molar-refractivity contribution in [1.29, 1.82) is 0 Å². The van der Waals surface area contributed by atoms with Gasteiger partial charge in [-0.1, -0.05) is 28.1 Å². The predicted molar refractivity (Wildman–Crippen MR) is 107 cm³/mol. The number of rotatable bonds is 6. The summed E-state index contributed by atoms with van der Waals surface area (Å²) in [7, 11) is 0. The van der Waals surface area contributed by atoms with Crippen molar-refractivity contribution in [3.05, 3.63) is 64.1 Å². The van der Waals surface area contributed by atoms with Crippen LogP contribution in [0, 0.1) is 0 Å².